The van der Waals surface area contributed by atoms with Crippen molar-refractivity contribution in [3.8, 4) is 0 Å². The first-order valence-electron chi connectivity index (χ1n) is 12.2. The van der Waals surface area contributed by atoms with Crippen LogP contribution in [0.5, 0.6) is 0 Å². The van der Waals surface area contributed by atoms with E-state index in [-0.39, 0.29) is 0 Å². The highest BCUT2D eigenvalue weighted by atomic mass is 32.4. The van der Waals surface area contributed by atoms with E-state index in [1.807, 2.05) is 4.98 Å². The maximum absolute atomic E-state index is 15.1. The lowest BCUT2D eigenvalue weighted by atomic mass is 9.97. The molecule has 0 aliphatic carbocycles. The van der Waals surface area contributed by atoms with E-state index in [1.165, 1.54) is 13.8 Å². The Kier molecular flexibility index (Phi) is 11.7. The summed E-state index contributed by atoms with van der Waals surface area (Å²) in [7, 11) is 0. The van der Waals surface area contributed by atoms with E-state index >= 15 is 4.39 Å². The van der Waals surface area contributed by atoms with Crippen molar-refractivity contribution < 1.29 is 46.6 Å². The van der Waals surface area contributed by atoms with Gasteiger partial charge in [-0.05, 0) is 53.3 Å². The number of aliphatic hydroxyl groups is 1. The number of H-pyrrole nitrogens is 1. The van der Waals surface area contributed by atoms with Gasteiger partial charge in [-0.25, -0.2) is 28.1 Å². The quantitative estimate of drug-likeness (QED) is 0.182. The van der Waals surface area contributed by atoms with Gasteiger partial charge in [-0.15, -0.1) is 0 Å². The van der Waals surface area contributed by atoms with Crippen molar-refractivity contribution in [2.24, 2.45) is 0 Å². The molecular formula is C22H34F3N4O9PS. The zero-order valence-corrected chi connectivity index (χ0v) is 24.3. The third-order valence-corrected chi connectivity index (χ3v) is 8.42. The van der Waals surface area contributed by atoms with Gasteiger partial charge in [0.1, 0.15) is 18.2 Å². The Bertz CT molecular complexity index is 1180. The van der Waals surface area contributed by atoms with Gasteiger partial charge in [-0.2, -0.15) is 0 Å². The van der Waals surface area contributed by atoms with E-state index < -0.39 is 91.2 Å². The van der Waals surface area contributed by atoms with Crippen molar-refractivity contribution in [3.05, 3.63) is 33.1 Å². The van der Waals surface area contributed by atoms with E-state index in [0.717, 1.165) is 12.3 Å². The van der Waals surface area contributed by atoms with E-state index in [1.54, 1.807) is 27.7 Å². The second-order valence-electron chi connectivity index (χ2n) is 9.67. The van der Waals surface area contributed by atoms with Crippen LogP contribution in [0.2, 0.25) is 0 Å². The van der Waals surface area contributed by atoms with Gasteiger partial charge in [-0.1, -0.05) is 0 Å². The first-order valence-corrected chi connectivity index (χ1v) is 14.9. The number of hydrogen-bond donors (Lipinski definition) is 4. The molecule has 2 rings (SSSR count). The van der Waals surface area contributed by atoms with Crippen LogP contribution in [0.1, 0.15) is 47.8 Å². The molecule has 1 aliphatic heterocycles. The summed E-state index contributed by atoms with van der Waals surface area (Å²) in [6, 6.07) is -1.48. The Morgan fingerprint density at radius 2 is 1.62 bits per heavy atom. The Morgan fingerprint density at radius 3 is 2.05 bits per heavy atom. The molecule has 1 aliphatic rings. The zero-order chi connectivity index (χ0) is 30.6. The summed E-state index contributed by atoms with van der Waals surface area (Å²) in [5.41, 5.74) is -5.04. The number of hydrogen-bond acceptors (Lipinski definition) is 10. The molecule has 6 unspecified atom stereocenters. The van der Waals surface area contributed by atoms with Gasteiger partial charge >= 0.3 is 17.6 Å². The predicted molar refractivity (Wildman–Crippen MR) is 139 cm³/mol. The molecule has 18 heteroatoms. The maximum atomic E-state index is 15.1. The average Bonchev–Trinajstić information content (AvgIpc) is 3.08. The number of carbonyl (C=O) groups excluding carboxylic acids is 2. The highest BCUT2D eigenvalue weighted by Crippen LogP contribution is 2.47. The van der Waals surface area contributed by atoms with Crippen LogP contribution in [0.3, 0.4) is 0 Å². The number of ether oxygens (including phenoxy) is 3. The molecule has 228 valence electrons. The lowest BCUT2D eigenvalue weighted by molar-refractivity contribution is -0.191. The van der Waals surface area contributed by atoms with Gasteiger partial charge in [0.05, 0.1) is 18.8 Å². The molecule has 1 fully saturated rings. The van der Waals surface area contributed by atoms with Crippen molar-refractivity contribution >= 4 is 30.3 Å². The lowest BCUT2D eigenvalue weighted by Crippen LogP contribution is -2.53. The fourth-order valence-electron chi connectivity index (χ4n) is 3.57. The Morgan fingerprint density at radius 1 is 1.12 bits per heavy atom. The molecule has 1 aromatic rings. The number of halogens is 3. The van der Waals surface area contributed by atoms with Crippen molar-refractivity contribution in [1.29, 1.82) is 0 Å². The van der Waals surface area contributed by atoms with Crippen LogP contribution in [0.4, 0.5) is 13.2 Å². The molecule has 6 atom stereocenters. The molecule has 0 spiro atoms. The predicted octanol–water partition coefficient (Wildman–Crippen LogP) is 0.869. The van der Waals surface area contributed by atoms with E-state index in [4.69, 9.17) is 30.5 Å². The molecule has 0 aromatic carbocycles. The summed E-state index contributed by atoms with van der Waals surface area (Å²) < 4.78 is 65.5. The summed E-state index contributed by atoms with van der Waals surface area (Å²) in [4.78, 5) is 50.1. The highest BCUT2D eigenvalue weighted by molar-refractivity contribution is 8.10. The van der Waals surface area contributed by atoms with E-state index in [2.05, 4.69) is 10.2 Å². The molecule has 13 nitrogen and oxygen atoms in total. The number of alkyl halides is 3. The monoisotopic (exact) mass is 618 g/mol. The molecule has 1 aromatic heterocycles. The molecule has 0 saturated carbocycles. The second kappa shape index (κ2) is 13.7. The van der Waals surface area contributed by atoms with Crippen LogP contribution < -0.4 is 21.4 Å². The van der Waals surface area contributed by atoms with Crippen LogP contribution in [-0.4, -0.2) is 81.8 Å². The molecular weight excluding hydrogens is 584 g/mol. The van der Waals surface area contributed by atoms with Crippen LogP contribution in [-0.2, 0) is 40.1 Å². The van der Waals surface area contributed by atoms with Gasteiger partial charge in [0.2, 0.25) is 0 Å². The topological polar surface area (TPSA) is 170 Å². The van der Waals surface area contributed by atoms with Gasteiger partial charge in [0.15, 0.2) is 24.6 Å². The summed E-state index contributed by atoms with van der Waals surface area (Å²) >= 11 is 5.50. The number of aliphatic hydroxyl groups excluding tert-OH is 1. The summed E-state index contributed by atoms with van der Waals surface area (Å²) in [5.74, 6) is -1.54. The minimum Gasteiger partial charge on any atom is -0.462 e. The molecule has 0 bridgehead atoms. The van der Waals surface area contributed by atoms with Gasteiger partial charge in [-0.3, -0.25) is 23.9 Å². The number of nitrogens with one attached hydrogen (secondary N) is 3. The number of aromatic nitrogens is 2. The van der Waals surface area contributed by atoms with Gasteiger partial charge in [0, 0.05) is 12.3 Å². The number of carbonyl (C=O) groups is 2. The fraction of sp³-hybridized carbons (Fsp3) is 0.727. The van der Waals surface area contributed by atoms with Gasteiger partial charge in [0.25, 0.3) is 12.0 Å². The number of aromatic amines is 1. The average molecular weight is 619 g/mol. The summed E-state index contributed by atoms with van der Waals surface area (Å²) in [5, 5.41) is 15.8. The maximum Gasteiger partial charge on any atom is 0.330 e. The largest absolute Gasteiger partial charge is 0.462 e. The first-order chi connectivity index (χ1) is 18.4. The van der Waals surface area contributed by atoms with Crippen LogP contribution in [0, 0.1) is 0 Å². The minimum absolute atomic E-state index is 0.498. The normalized spacial score (nSPS) is 26.1. The first kappa shape index (κ1) is 34.1. The van der Waals surface area contributed by atoms with E-state index in [0.29, 0.717) is 4.57 Å². The lowest BCUT2D eigenvalue weighted by Gasteiger charge is -2.35. The SMILES string of the molecule is CC(C)OC(=O)C(C)NP(=S)(NC(C)C(=O)OC(C)C)OCC1(C(F)F)OC(n2ccc(=O)[nH]c2=O)C(F)C1O. The van der Waals surface area contributed by atoms with Crippen LogP contribution in [0.25, 0.3) is 0 Å². The smallest absolute Gasteiger partial charge is 0.330 e. The molecule has 0 radical (unpaired) electrons. The molecule has 4 N–H and O–H groups in total. The molecule has 2 heterocycles. The summed E-state index contributed by atoms with van der Waals surface area (Å²) in [6.07, 6.45) is -10.9. The third-order valence-electron chi connectivity index (χ3n) is 5.52. The van der Waals surface area contributed by atoms with Crippen molar-refractivity contribution in [2.45, 2.75) is 96.4 Å². The van der Waals surface area contributed by atoms with Crippen molar-refractivity contribution in [1.82, 2.24) is 19.7 Å². The number of rotatable bonds is 13. The van der Waals surface area contributed by atoms with E-state index in [9.17, 15) is 33.1 Å². The van der Waals surface area contributed by atoms with Crippen LogP contribution >= 0.6 is 6.57 Å². The Balaban J connectivity index is 2.39. The van der Waals surface area contributed by atoms with Crippen molar-refractivity contribution in [2.75, 3.05) is 6.61 Å². The van der Waals surface area contributed by atoms with Crippen molar-refractivity contribution in [3.63, 3.8) is 0 Å². The highest BCUT2D eigenvalue weighted by Gasteiger charge is 2.62. The van der Waals surface area contributed by atoms with Crippen LogP contribution in [0.15, 0.2) is 21.9 Å². The Labute approximate surface area is 232 Å². The minimum atomic E-state index is -3.85. The molecule has 1 saturated heterocycles. The number of esters is 2. The number of nitrogens with zero attached hydrogens (tertiary/aromatic N) is 1. The third kappa shape index (κ3) is 8.21. The Hall–Kier alpha value is -2.14. The standard InChI is InChI=1S/C22H34F3N4O9PS/c1-10(2)36-18(32)12(5)27-39(40,28-13(6)19(33)37-11(3)4)35-9-22(20(24)25)16(31)15(23)17(38-22)29-8-7-14(30)26-21(29)34/h7-8,10-13,15-17,20,31H,9H2,1-6H3,(H,26,30,34)(H2,27,28,40). The fourth-order valence-corrected chi connectivity index (χ4v) is 6.52. The van der Waals surface area contributed by atoms with Gasteiger partial charge < -0.3 is 23.8 Å². The molecule has 0 amide bonds. The summed E-state index contributed by atoms with van der Waals surface area (Å²) in [6.45, 7) is 4.02. The molecule has 40 heavy (non-hydrogen) atoms. The second-order valence-corrected chi connectivity index (χ2v) is 13.1. The zero-order valence-electron chi connectivity index (χ0n) is 22.6.